The highest BCUT2D eigenvalue weighted by atomic mass is 16.5. The molecule has 0 saturated heterocycles. The summed E-state index contributed by atoms with van der Waals surface area (Å²) in [5.41, 5.74) is 2.63. The van der Waals surface area contributed by atoms with Crippen LogP contribution in [-0.2, 0) is 6.54 Å². The minimum Gasteiger partial charge on any atom is -0.496 e. The van der Waals surface area contributed by atoms with Crippen LogP contribution in [0.15, 0.2) is 70.0 Å². The van der Waals surface area contributed by atoms with E-state index in [1.807, 2.05) is 37.3 Å². The summed E-state index contributed by atoms with van der Waals surface area (Å²) in [7, 11) is 1.51. The van der Waals surface area contributed by atoms with Crippen molar-refractivity contribution in [1.29, 1.82) is 5.26 Å². The van der Waals surface area contributed by atoms with Gasteiger partial charge in [-0.25, -0.2) is 0 Å². The molecular weight excluding hydrogens is 456 g/mol. The van der Waals surface area contributed by atoms with Crippen molar-refractivity contribution in [2.45, 2.75) is 39.3 Å². The summed E-state index contributed by atoms with van der Waals surface area (Å²) in [5.74, 6) is 0.171. The standard InChI is InChI=1S/C28H28N4O4/c1-4-22(31(16-10-15-29)27(33)21-13-8-9-14-24(21)35-3)23-17-25-26(19(2)30-36-25)28(34)32(23)18-20-11-6-5-7-12-20/h5-9,11-14,17,22H,4,10,16,18H2,1-3H3. The van der Waals surface area contributed by atoms with Crippen LogP contribution in [0.2, 0.25) is 0 Å². The molecule has 2 aromatic carbocycles. The monoisotopic (exact) mass is 484 g/mol. The van der Waals surface area contributed by atoms with Crippen molar-refractivity contribution in [3.8, 4) is 11.8 Å². The Balaban J connectivity index is 1.90. The van der Waals surface area contributed by atoms with Gasteiger partial charge in [0.15, 0.2) is 5.58 Å². The van der Waals surface area contributed by atoms with Crippen LogP contribution in [0, 0.1) is 18.3 Å². The predicted octanol–water partition coefficient (Wildman–Crippen LogP) is 4.86. The summed E-state index contributed by atoms with van der Waals surface area (Å²) in [4.78, 5) is 29.2. The lowest BCUT2D eigenvalue weighted by molar-refractivity contribution is 0.0663. The van der Waals surface area contributed by atoms with Crippen molar-refractivity contribution >= 4 is 16.9 Å². The number of methoxy groups -OCH3 is 1. The fourth-order valence-corrected chi connectivity index (χ4v) is 4.55. The Morgan fingerprint density at radius 1 is 1.19 bits per heavy atom. The molecule has 0 radical (unpaired) electrons. The van der Waals surface area contributed by atoms with E-state index in [-0.39, 0.29) is 24.4 Å². The molecule has 0 aliphatic rings. The zero-order valence-electron chi connectivity index (χ0n) is 20.6. The Labute approximate surface area is 209 Å². The van der Waals surface area contributed by atoms with Gasteiger partial charge in [-0.15, -0.1) is 0 Å². The maximum absolute atomic E-state index is 13.8. The molecule has 184 valence electrons. The number of benzene rings is 2. The molecule has 0 spiro atoms. The van der Waals surface area contributed by atoms with Gasteiger partial charge >= 0.3 is 0 Å². The third-order valence-electron chi connectivity index (χ3n) is 6.29. The molecule has 4 rings (SSSR count). The highest BCUT2D eigenvalue weighted by molar-refractivity contribution is 5.97. The molecule has 0 bridgehead atoms. The Hall–Kier alpha value is -4.38. The smallest absolute Gasteiger partial charge is 0.264 e. The van der Waals surface area contributed by atoms with Gasteiger partial charge in [-0.2, -0.15) is 5.26 Å². The number of fused-ring (bicyclic) bond motifs is 1. The summed E-state index contributed by atoms with van der Waals surface area (Å²) < 4.78 is 12.6. The summed E-state index contributed by atoms with van der Waals surface area (Å²) in [5, 5.41) is 13.8. The molecule has 1 amide bonds. The number of aryl methyl sites for hydroxylation is 1. The first kappa shape index (κ1) is 24.7. The zero-order chi connectivity index (χ0) is 25.7. The van der Waals surface area contributed by atoms with E-state index in [9.17, 15) is 14.9 Å². The van der Waals surface area contributed by atoms with Gasteiger partial charge in [0.2, 0.25) is 0 Å². The van der Waals surface area contributed by atoms with Crippen LogP contribution in [0.4, 0.5) is 0 Å². The Morgan fingerprint density at radius 3 is 2.61 bits per heavy atom. The van der Waals surface area contributed by atoms with Crippen molar-refractivity contribution in [3.63, 3.8) is 0 Å². The average Bonchev–Trinajstić information content (AvgIpc) is 3.29. The highest BCUT2D eigenvalue weighted by Gasteiger charge is 2.30. The SMILES string of the molecule is CCC(c1cc2onc(C)c2c(=O)n1Cc1ccccc1)N(CCC#N)C(=O)c1ccccc1OC. The number of amides is 1. The van der Waals surface area contributed by atoms with Gasteiger partial charge < -0.3 is 18.7 Å². The molecule has 2 aromatic heterocycles. The third-order valence-corrected chi connectivity index (χ3v) is 6.29. The number of ether oxygens (including phenoxy) is 1. The van der Waals surface area contributed by atoms with Gasteiger partial charge in [-0.05, 0) is 31.0 Å². The van der Waals surface area contributed by atoms with Crippen molar-refractivity contribution in [2.75, 3.05) is 13.7 Å². The summed E-state index contributed by atoms with van der Waals surface area (Å²) in [6.07, 6.45) is 0.656. The first-order chi connectivity index (χ1) is 17.5. The van der Waals surface area contributed by atoms with Crippen LogP contribution in [0.5, 0.6) is 5.75 Å². The molecule has 8 heteroatoms. The minimum atomic E-state index is -0.498. The Kier molecular flexibility index (Phi) is 7.50. The number of hydrogen-bond acceptors (Lipinski definition) is 6. The number of nitriles is 1. The molecule has 36 heavy (non-hydrogen) atoms. The molecule has 8 nitrogen and oxygen atoms in total. The third kappa shape index (κ3) is 4.73. The summed E-state index contributed by atoms with van der Waals surface area (Å²) in [6, 6.07) is 20.1. The largest absolute Gasteiger partial charge is 0.496 e. The zero-order valence-corrected chi connectivity index (χ0v) is 20.6. The lowest BCUT2D eigenvalue weighted by Gasteiger charge is -2.33. The van der Waals surface area contributed by atoms with Crippen molar-refractivity contribution in [1.82, 2.24) is 14.6 Å². The molecule has 0 saturated carbocycles. The van der Waals surface area contributed by atoms with E-state index in [0.717, 1.165) is 5.56 Å². The van der Waals surface area contributed by atoms with Crippen molar-refractivity contribution in [3.05, 3.63) is 93.5 Å². The van der Waals surface area contributed by atoms with E-state index in [2.05, 4.69) is 11.2 Å². The van der Waals surface area contributed by atoms with Crippen LogP contribution in [-0.4, -0.2) is 34.2 Å². The first-order valence-electron chi connectivity index (χ1n) is 11.8. The fraction of sp³-hybridized carbons (Fsp3) is 0.286. The predicted molar refractivity (Wildman–Crippen MR) is 136 cm³/mol. The molecule has 0 aliphatic heterocycles. The number of nitrogens with zero attached hydrogens (tertiary/aromatic N) is 4. The lowest BCUT2D eigenvalue weighted by atomic mass is 10.0. The number of carbonyl (C=O) groups is 1. The van der Waals surface area contributed by atoms with E-state index < -0.39 is 6.04 Å². The fourth-order valence-electron chi connectivity index (χ4n) is 4.55. The van der Waals surface area contributed by atoms with Crippen molar-refractivity contribution < 1.29 is 14.1 Å². The topological polar surface area (TPSA) is 101 Å². The van der Waals surface area contributed by atoms with Crippen molar-refractivity contribution in [2.24, 2.45) is 0 Å². The number of aromatic nitrogens is 2. The highest BCUT2D eigenvalue weighted by Crippen LogP contribution is 2.31. The Bertz CT molecular complexity index is 1470. The van der Waals surface area contributed by atoms with Crippen LogP contribution in [0.3, 0.4) is 0 Å². The van der Waals surface area contributed by atoms with Gasteiger partial charge in [0.25, 0.3) is 11.5 Å². The number of carbonyl (C=O) groups excluding carboxylic acids is 1. The summed E-state index contributed by atoms with van der Waals surface area (Å²) >= 11 is 0. The van der Waals surface area contributed by atoms with Crippen LogP contribution in [0.25, 0.3) is 11.0 Å². The van der Waals surface area contributed by atoms with Crippen LogP contribution < -0.4 is 10.3 Å². The van der Waals surface area contributed by atoms with Gasteiger partial charge in [0, 0.05) is 18.3 Å². The molecule has 0 fully saturated rings. The second-order valence-electron chi connectivity index (χ2n) is 8.48. The minimum absolute atomic E-state index is 0.143. The van der Waals surface area contributed by atoms with Gasteiger partial charge in [-0.3, -0.25) is 9.59 Å². The molecule has 4 aromatic rings. The normalized spacial score (nSPS) is 11.7. The molecule has 0 aliphatic carbocycles. The van der Waals surface area contributed by atoms with Gasteiger partial charge in [0.1, 0.15) is 11.1 Å². The number of hydrogen-bond donors (Lipinski definition) is 0. The maximum atomic E-state index is 13.8. The Morgan fingerprint density at radius 2 is 1.92 bits per heavy atom. The average molecular weight is 485 g/mol. The van der Waals surface area contributed by atoms with Gasteiger partial charge in [-0.1, -0.05) is 54.5 Å². The number of rotatable bonds is 9. The molecule has 1 atom stereocenters. The van der Waals surface area contributed by atoms with Crippen LogP contribution >= 0.6 is 0 Å². The van der Waals surface area contributed by atoms with Gasteiger partial charge in [0.05, 0.1) is 43.4 Å². The van der Waals surface area contributed by atoms with Crippen LogP contribution in [0.1, 0.15) is 53.1 Å². The maximum Gasteiger partial charge on any atom is 0.264 e. The summed E-state index contributed by atoms with van der Waals surface area (Å²) in [6.45, 7) is 4.20. The quantitative estimate of drug-likeness (QED) is 0.336. The molecular formula is C28H28N4O4. The molecule has 2 heterocycles. The van der Waals surface area contributed by atoms with E-state index in [1.54, 1.807) is 46.7 Å². The molecule has 1 unspecified atom stereocenters. The second-order valence-corrected chi connectivity index (χ2v) is 8.48. The number of para-hydroxylation sites is 1. The van der Waals surface area contributed by atoms with E-state index in [0.29, 0.717) is 46.6 Å². The molecule has 0 N–H and O–H groups in total. The first-order valence-corrected chi connectivity index (χ1v) is 11.8. The van der Waals surface area contributed by atoms with E-state index in [4.69, 9.17) is 9.26 Å². The second kappa shape index (κ2) is 10.9. The van der Waals surface area contributed by atoms with E-state index >= 15 is 0 Å². The number of pyridine rings is 1. The lowest BCUT2D eigenvalue weighted by Crippen LogP contribution is -2.39. The van der Waals surface area contributed by atoms with E-state index in [1.165, 1.54) is 7.11 Å².